The van der Waals surface area contributed by atoms with Crippen molar-refractivity contribution in [2.24, 2.45) is 0 Å². The Kier molecular flexibility index (Phi) is 11.8. The fourth-order valence-electron chi connectivity index (χ4n) is 3.68. The summed E-state index contributed by atoms with van der Waals surface area (Å²) in [7, 11) is 0. The number of carbonyl (C=O) groups excluding carboxylic acids is 1. The van der Waals surface area contributed by atoms with Crippen molar-refractivity contribution in [3.8, 4) is 0 Å². The maximum Gasteiger partial charge on any atom is 0.221 e. The number of morpholine rings is 1. The first-order valence-electron chi connectivity index (χ1n) is 9.62. The molecule has 1 aromatic carbocycles. The maximum atomic E-state index is 12.1. The number of benzene rings is 1. The summed E-state index contributed by atoms with van der Waals surface area (Å²) in [4.78, 5) is 14.5. The molecule has 5 nitrogen and oxygen atoms in total. The van der Waals surface area contributed by atoms with Gasteiger partial charge in [-0.2, -0.15) is 11.8 Å². The van der Waals surface area contributed by atoms with Gasteiger partial charge in [-0.15, -0.1) is 24.8 Å². The van der Waals surface area contributed by atoms with Crippen LogP contribution in [0.4, 0.5) is 0 Å². The van der Waals surface area contributed by atoms with Gasteiger partial charge in [-0.1, -0.05) is 24.3 Å². The van der Waals surface area contributed by atoms with Crippen LogP contribution in [0.15, 0.2) is 24.3 Å². The average molecular weight is 450 g/mol. The van der Waals surface area contributed by atoms with Crippen molar-refractivity contribution < 1.29 is 9.53 Å². The third-order valence-corrected chi connectivity index (χ3v) is 5.98. The lowest BCUT2D eigenvalue weighted by molar-refractivity contribution is -0.121. The molecule has 3 rings (SSSR count). The van der Waals surface area contributed by atoms with Gasteiger partial charge in [-0.05, 0) is 25.0 Å². The average Bonchev–Trinajstić information content (AvgIpc) is 2.61. The Bertz CT molecular complexity index is 575. The first-order chi connectivity index (χ1) is 12.6. The van der Waals surface area contributed by atoms with Crippen LogP contribution in [-0.4, -0.2) is 60.2 Å². The summed E-state index contributed by atoms with van der Waals surface area (Å²) in [6, 6.07) is 8.90. The molecule has 2 fully saturated rings. The zero-order valence-corrected chi connectivity index (χ0v) is 19.1. The smallest absolute Gasteiger partial charge is 0.221 e. The molecular weight excluding hydrogens is 417 g/mol. The highest BCUT2D eigenvalue weighted by Gasteiger charge is 2.22. The van der Waals surface area contributed by atoms with Crippen LogP contribution in [0.5, 0.6) is 0 Å². The summed E-state index contributed by atoms with van der Waals surface area (Å²) in [5.41, 5.74) is 2.46. The summed E-state index contributed by atoms with van der Waals surface area (Å²) in [5, 5.41) is 6.45. The molecule has 3 atom stereocenters. The molecule has 8 heteroatoms. The number of halogens is 2. The quantitative estimate of drug-likeness (QED) is 0.698. The lowest BCUT2D eigenvalue weighted by atomic mass is 10.1. The second-order valence-corrected chi connectivity index (χ2v) is 8.62. The van der Waals surface area contributed by atoms with Crippen LogP contribution in [0, 0.1) is 0 Å². The third kappa shape index (κ3) is 8.47. The van der Waals surface area contributed by atoms with Crippen molar-refractivity contribution in [2.45, 2.75) is 51.6 Å². The number of nitrogens with zero attached hydrogens (tertiary/aromatic N) is 1. The van der Waals surface area contributed by atoms with Crippen molar-refractivity contribution >= 4 is 42.5 Å². The zero-order chi connectivity index (χ0) is 18.4. The molecule has 2 aliphatic rings. The Morgan fingerprint density at radius 3 is 2.43 bits per heavy atom. The Morgan fingerprint density at radius 2 is 1.82 bits per heavy atom. The number of ether oxygens (including phenoxy) is 1. The number of hydrogen-bond acceptors (Lipinski definition) is 5. The van der Waals surface area contributed by atoms with Gasteiger partial charge in [0.1, 0.15) is 0 Å². The van der Waals surface area contributed by atoms with E-state index < -0.39 is 0 Å². The van der Waals surface area contributed by atoms with E-state index in [1.807, 2.05) is 11.8 Å². The van der Waals surface area contributed by atoms with E-state index in [0.29, 0.717) is 31.2 Å². The molecule has 0 bridgehead atoms. The predicted octanol–water partition coefficient (Wildman–Crippen LogP) is 2.85. The van der Waals surface area contributed by atoms with Crippen LogP contribution in [-0.2, 0) is 22.6 Å². The van der Waals surface area contributed by atoms with E-state index in [9.17, 15) is 4.79 Å². The minimum atomic E-state index is 0. The van der Waals surface area contributed by atoms with Crippen molar-refractivity contribution in [1.82, 2.24) is 15.5 Å². The second-order valence-electron chi connectivity index (χ2n) is 7.47. The van der Waals surface area contributed by atoms with Gasteiger partial charge < -0.3 is 15.4 Å². The molecule has 1 aromatic rings. The van der Waals surface area contributed by atoms with Crippen molar-refractivity contribution in [1.29, 1.82) is 0 Å². The van der Waals surface area contributed by atoms with Crippen molar-refractivity contribution in [3.05, 3.63) is 35.4 Å². The van der Waals surface area contributed by atoms with Gasteiger partial charge in [0.05, 0.1) is 12.2 Å². The van der Waals surface area contributed by atoms with Crippen molar-refractivity contribution in [3.63, 3.8) is 0 Å². The monoisotopic (exact) mass is 449 g/mol. The highest BCUT2D eigenvalue weighted by atomic mass is 35.5. The van der Waals surface area contributed by atoms with E-state index in [1.165, 1.54) is 5.56 Å². The van der Waals surface area contributed by atoms with E-state index >= 15 is 0 Å². The molecule has 2 N–H and O–H groups in total. The van der Waals surface area contributed by atoms with Gasteiger partial charge >= 0.3 is 0 Å². The predicted molar refractivity (Wildman–Crippen MR) is 122 cm³/mol. The SMILES string of the molecule is CC1CN(Cc2ccc(CNC(=O)CC3CSCCN3)cc2)CC(C)O1.Cl.Cl. The van der Waals surface area contributed by atoms with Crippen LogP contribution >= 0.6 is 36.6 Å². The topological polar surface area (TPSA) is 53.6 Å². The normalized spacial score (nSPS) is 25.3. The van der Waals surface area contributed by atoms with Crippen LogP contribution in [0.25, 0.3) is 0 Å². The van der Waals surface area contributed by atoms with E-state index in [2.05, 4.69) is 53.6 Å². The lowest BCUT2D eigenvalue weighted by Gasteiger charge is -2.35. The van der Waals surface area contributed by atoms with Gasteiger partial charge in [0, 0.05) is 56.7 Å². The molecule has 0 spiro atoms. The standard InChI is InChI=1S/C20H31N3O2S.2ClH/c1-15-11-23(12-16(2)25-15)13-18-5-3-17(4-6-18)10-22-20(24)9-19-14-26-8-7-21-19;;/h3-6,15-16,19,21H,7-14H2,1-2H3,(H,22,24);2*1H. The summed E-state index contributed by atoms with van der Waals surface area (Å²) in [6.45, 7) is 8.79. The number of thioether (sulfide) groups is 1. The maximum absolute atomic E-state index is 12.1. The van der Waals surface area contributed by atoms with Crippen LogP contribution in [0.2, 0.25) is 0 Å². The molecule has 1 amide bonds. The highest BCUT2D eigenvalue weighted by Crippen LogP contribution is 2.15. The zero-order valence-electron chi connectivity index (χ0n) is 16.7. The first-order valence-corrected chi connectivity index (χ1v) is 10.8. The van der Waals surface area contributed by atoms with Crippen LogP contribution < -0.4 is 10.6 Å². The summed E-state index contributed by atoms with van der Waals surface area (Å²) in [5.74, 6) is 2.30. The number of rotatable bonds is 6. The van der Waals surface area contributed by atoms with Crippen LogP contribution in [0.1, 0.15) is 31.4 Å². The Balaban J connectivity index is 0.00000196. The summed E-state index contributed by atoms with van der Waals surface area (Å²) >= 11 is 1.92. The van der Waals surface area contributed by atoms with Gasteiger partial charge in [-0.25, -0.2) is 0 Å². The van der Waals surface area contributed by atoms with Crippen molar-refractivity contribution in [2.75, 3.05) is 31.1 Å². The van der Waals surface area contributed by atoms with E-state index in [-0.39, 0.29) is 30.7 Å². The Labute approximate surface area is 185 Å². The number of nitrogens with one attached hydrogen (secondary N) is 2. The molecule has 2 saturated heterocycles. The number of hydrogen-bond donors (Lipinski definition) is 2. The molecule has 3 unspecified atom stereocenters. The van der Waals surface area contributed by atoms with Gasteiger partial charge in [0.2, 0.25) is 5.91 Å². The fourth-order valence-corrected chi connectivity index (χ4v) is 4.63. The Hall–Kier alpha value is -0.500. The molecule has 0 saturated carbocycles. The largest absolute Gasteiger partial charge is 0.373 e. The van der Waals surface area contributed by atoms with E-state index in [1.54, 1.807) is 0 Å². The van der Waals surface area contributed by atoms with E-state index in [0.717, 1.165) is 43.2 Å². The van der Waals surface area contributed by atoms with Gasteiger partial charge in [0.15, 0.2) is 0 Å². The fraction of sp³-hybridized carbons (Fsp3) is 0.650. The minimum Gasteiger partial charge on any atom is -0.373 e. The highest BCUT2D eigenvalue weighted by molar-refractivity contribution is 7.99. The van der Waals surface area contributed by atoms with Gasteiger partial charge in [0.25, 0.3) is 0 Å². The molecule has 160 valence electrons. The number of carbonyl (C=O) groups is 1. The van der Waals surface area contributed by atoms with E-state index in [4.69, 9.17) is 4.74 Å². The summed E-state index contributed by atoms with van der Waals surface area (Å²) in [6.07, 6.45) is 1.16. The third-order valence-electron chi connectivity index (χ3n) is 4.84. The molecule has 0 aliphatic carbocycles. The second kappa shape index (κ2) is 12.9. The molecule has 0 radical (unpaired) electrons. The molecular formula is C20H33Cl2N3O2S. The summed E-state index contributed by atoms with van der Waals surface area (Å²) < 4.78 is 5.79. The molecule has 2 aliphatic heterocycles. The molecule has 0 aromatic heterocycles. The minimum absolute atomic E-state index is 0. The molecule has 28 heavy (non-hydrogen) atoms. The Morgan fingerprint density at radius 1 is 1.18 bits per heavy atom. The lowest BCUT2D eigenvalue weighted by Crippen LogP contribution is -2.44. The van der Waals surface area contributed by atoms with Gasteiger partial charge in [-0.3, -0.25) is 9.69 Å². The number of amides is 1. The first kappa shape index (κ1) is 25.5. The van der Waals surface area contributed by atoms with Crippen LogP contribution in [0.3, 0.4) is 0 Å². The molecule has 2 heterocycles.